The standard InChI is InChI=1S/C12H16ClNO2/c1-14(2)6-5-10(13)9-3-4-11-12(7-9)16-8-15-11/h3-4,7,10H,5-6,8H2,1-2H3. The molecule has 3 nitrogen and oxygen atoms in total. The summed E-state index contributed by atoms with van der Waals surface area (Å²) in [6.45, 7) is 1.28. The molecule has 88 valence electrons. The van der Waals surface area contributed by atoms with Gasteiger partial charge in [-0.25, -0.2) is 0 Å². The van der Waals surface area contributed by atoms with Crippen LogP contribution in [0.5, 0.6) is 11.5 Å². The van der Waals surface area contributed by atoms with E-state index in [0.29, 0.717) is 6.79 Å². The summed E-state index contributed by atoms with van der Waals surface area (Å²) in [4.78, 5) is 2.13. The van der Waals surface area contributed by atoms with Crippen LogP contribution in [0.3, 0.4) is 0 Å². The fraction of sp³-hybridized carbons (Fsp3) is 0.500. The third-order valence-electron chi connectivity index (χ3n) is 2.59. The van der Waals surface area contributed by atoms with Crippen LogP contribution in [0.15, 0.2) is 18.2 Å². The maximum absolute atomic E-state index is 6.33. The molecule has 0 radical (unpaired) electrons. The van der Waals surface area contributed by atoms with Crippen molar-refractivity contribution in [1.29, 1.82) is 0 Å². The van der Waals surface area contributed by atoms with Gasteiger partial charge in [0.25, 0.3) is 0 Å². The number of benzene rings is 1. The van der Waals surface area contributed by atoms with Crippen molar-refractivity contribution in [1.82, 2.24) is 4.90 Å². The van der Waals surface area contributed by atoms with Crippen molar-refractivity contribution in [3.63, 3.8) is 0 Å². The molecule has 1 heterocycles. The number of hydrogen-bond donors (Lipinski definition) is 0. The Morgan fingerprint density at radius 2 is 2.06 bits per heavy atom. The number of rotatable bonds is 4. The Morgan fingerprint density at radius 1 is 1.31 bits per heavy atom. The minimum Gasteiger partial charge on any atom is -0.454 e. The Bertz CT molecular complexity index is 368. The van der Waals surface area contributed by atoms with Gasteiger partial charge in [-0.05, 0) is 44.8 Å². The summed E-state index contributed by atoms with van der Waals surface area (Å²) in [7, 11) is 4.09. The van der Waals surface area contributed by atoms with Gasteiger partial charge in [-0.3, -0.25) is 0 Å². The summed E-state index contributed by atoms with van der Waals surface area (Å²) in [5.41, 5.74) is 1.09. The molecule has 1 aromatic rings. The second kappa shape index (κ2) is 4.93. The SMILES string of the molecule is CN(C)CCC(Cl)c1ccc2c(c1)OCO2. The molecule has 0 bridgehead atoms. The lowest BCUT2D eigenvalue weighted by Crippen LogP contribution is -2.14. The molecule has 1 atom stereocenters. The molecule has 0 aliphatic carbocycles. The van der Waals surface area contributed by atoms with Gasteiger partial charge in [0.1, 0.15) is 0 Å². The summed E-state index contributed by atoms with van der Waals surface area (Å²) in [5, 5.41) is 0.0249. The zero-order valence-corrected chi connectivity index (χ0v) is 10.3. The summed E-state index contributed by atoms with van der Waals surface area (Å²) in [6, 6.07) is 5.89. The Kier molecular flexibility index (Phi) is 3.56. The third-order valence-corrected chi connectivity index (χ3v) is 3.06. The van der Waals surface area contributed by atoms with Gasteiger partial charge in [0, 0.05) is 0 Å². The van der Waals surface area contributed by atoms with Crippen molar-refractivity contribution in [3.05, 3.63) is 23.8 Å². The number of ether oxygens (including phenoxy) is 2. The predicted octanol–water partition coefficient (Wildman–Crippen LogP) is 2.65. The topological polar surface area (TPSA) is 21.7 Å². The van der Waals surface area contributed by atoms with Crippen LogP contribution in [0.25, 0.3) is 0 Å². The largest absolute Gasteiger partial charge is 0.454 e. The molecule has 0 N–H and O–H groups in total. The quantitative estimate of drug-likeness (QED) is 0.757. The Balaban J connectivity index is 2.03. The van der Waals surface area contributed by atoms with Crippen LogP contribution in [-0.2, 0) is 0 Å². The first-order valence-electron chi connectivity index (χ1n) is 5.35. The van der Waals surface area contributed by atoms with E-state index < -0.39 is 0 Å². The number of alkyl halides is 1. The first kappa shape index (κ1) is 11.6. The highest BCUT2D eigenvalue weighted by Gasteiger charge is 2.16. The minimum absolute atomic E-state index is 0.0249. The average molecular weight is 242 g/mol. The van der Waals surface area contributed by atoms with E-state index in [4.69, 9.17) is 21.1 Å². The van der Waals surface area contributed by atoms with Crippen molar-refractivity contribution < 1.29 is 9.47 Å². The normalized spacial score (nSPS) is 15.5. The van der Waals surface area contributed by atoms with Crippen LogP contribution in [0, 0.1) is 0 Å². The van der Waals surface area contributed by atoms with Gasteiger partial charge in [0.15, 0.2) is 11.5 Å². The van der Waals surface area contributed by atoms with Gasteiger partial charge in [0.05, 0.1) is 5.38 Å². The first-order chi connectivity index (χ1) is 7.66. The molecule has 0 spiro atoms. The van der Waals surface area contributed by atoms with Crippen LogP contribution in [-0.4, -0.2) is 32.3 Å². The van der Waals surface area contributed by atoms with Crippen LogP contribution in [0.1, 0.15) is 17.4 Å². The molecule has 0 saturated carbocycles. The summed E-state index contributed by atoms with van der Waals surface area (Å²) >= 11 is 6.33. The van der Waals surface area contributed by atoms with Crippen molar-refractivity contribution in [2.24, 2.45) is 0 Å². The molecule has 1 unspecified atom stereocenters. The Hall–Kier alpha value is -0.930. The van der Waals surface area contributed by atoms with Crippen LogP contribution in [0.2, 0.25) is 0 Å². The van der Waals surface area contributed by atoms with Crippen molar-refractivity contribution in [2.75, 3.05) is 27.4 Å². The monoisotopic (exact) mass is 241 g/mol. The summed E-state index contributed by atoms with van der Waals surface area (Å²) in [5.74, 6) is 1.60. The number of halogens is 1. The van der Waals surface area contributed by atoms with Gasteiger partial charge < -0.3 is 14.4 Å². The van der Waals surface area contributed by atoms with Gasteiger partial charge in [0.2, 0.25) is 6.79 Å². The molecule has 1 aromatic carbocycles. The molecule has 0 fully saturated rings. The first-order valence-corrected chi connectivity index (χ1v) is 5.79. The van der Waals surface area contributed by atoms with E-state index in [0.717, 1.165) is 30.0 Å². The second-order valence-electron chi connectivity index (χ2n) is 4.17. The highest BCUT2D eigenvalue weighted by molar-refractivity contribution is 6.20. The van der Waals surface area contributed by atoms with E-state index >= 15 is 0 Å². The van der Waals surface area contributed by atoms with E-state index in [-0.39, 0.29) is 5.38 Å². The molecule has 4 heteroatoms. The zero-order valence-electron chi connectivity index (χ0n) is 9.57. The highest BCUT2D eigenvalue weighted by atomic mass is 35.5. The second-order valence-corrected chi connectivity index (χ2v) is 4.70. The fourth-order valence-corrected chi connectivity index (χ4v) is 1.88. The van der Waals surface area contributed by atoms with E-state index in [1.165, 1.54) is 0 Å². The lowest BCUT2D eigenvalue weighted by Gasteiger charge is -2.14. The van der Waals surface area contributed by atoms with E-state index in [9.17, 15) is 0 Å². The van der Waals surface area contributed by atoms with Gasteiger partial charge in [-0.1, -0.05) is 6.07 Å². The van der Waals surface area contributed by atoms with E-state index in [2.05, 4.69) is 4.90 Å². The van der Waals surface area contributed by atoms with Gasteiger partial charge in [-0.2, -0.15) is 0 Å². The smallest absolute Gasteiger partial charge is 0.231 e. The van der Waals surface area contributed by atoms with E-state index in [1.807, 2.05) is 32.3 Å². The average Bonchev–Trinajstić information content (AvgIpc) is 2.72. The molecule has 0 aromatic heterocycles. The van der Waals surface area contributed by atoms with Crippen molar-refractivity contribution in [3.8, 4) is 11.5 Å². The van der Waals surface area contributed by atoms with E-state index in [1.54, 1.807) is 0 Å². The summed E-state index contributed by atoms with van der Waals surface area (Å²) in [6.07, 6.45) is 0.925. The number of nitrogens with zero attached hydrogens (tertiary/aromatic N) is 1. The maximum Gasteiger partial charge on any atom is 0.231 e. The maximum atomic E-state index is 6.33. The van der Waals surface area contributed by atoms with Crippen LogP contribution >= 0.6 is 11.6 Å². The zero-order chi connectivity index (χ0) is 11.5. The Labute approximate surface area is 101 Å². The molecule has 2 rings (SSSR count). The highest BCUT2D eigenvalue weighted by Crippen LogP contribution is 2.36. The third kappa shape index (κ3) is 2.60. The fourth-order valence-electron chi connectivity index (χ4n) is 1.65. The number of hydrogen-bond acceptors (Lipinski definition) is 3. The molecule has 16 heavy (non-hydrogen) atoms. The molecule has 0 saturated heterocycles. The lowest BCUT2D eigenvalue weighted by atomic mass is 10.1. The predicted molar refractivity (Wildman–Crippen MR) is 64.3 cm³/mol. The van der Waals surface area contributed by atoms with Crippen molar-refractivity contribution in [2.45, 2.75) is 11.8 Å². The molecule has 1 aliphatic rings. The molecular weight excluding hydrogens is 226 g/mol. The number of fused-ring (bicyclic) bond motifs is 1. The lowest BCUT2D eigenvalue weighted by molar-refractivity contribution is 0.174. The van der Waals surface area contributed by atoms with Crippen molar-refractivity contribution >= 4 is 11.6 Å². The summed E-state index contributed by atoms with van der Waals surface area (Å²) < 4.78 is 10.6. The van der Waals surface area contributed by atoms with Gasteiger partial charge in [-0.15, -0.1) is 11.6 Å². The molecular formula is C12H16ClNO2. The van der Waals surface area contributed by atoms with Crippen LogP contribution in [0.4, 0.5) is 0 Å². The Morgan fingerprint density at radius 3 is 2.81 bits per heavy atom. The minimum atomic E-state index is 0.0249. The van der Waals surface area contributed by atoms with Gasteiger partial charge >= 0.3 is 0 Å². The molecule has 0 amide bonds. The van der Waals surface area contributed by atoms with Crippen LogP contribution < -0.4 is 9.47 Å². The molecule has 1 aliphatic heterocycles.